The third-order valence-corrected chi connectivity index (χ3v) is 2.65. The normalized spacial score (nSPS) is 21.0. The van der Waals surface area contributed by atoms with E-state index in [9.17, 15) is 0 Å². The SMILES string of the molecule is COC(C)CNCCN1CCNCC1. The first-order valence-corrected chi connectivity index (χ1v) is 5.49. The van der Waals surface area contributed by atoms with Crippen molar-refractivity contribution in [2.45, 2.75) is 13.0 Å². The minimum Gasteiger partial charge on any atom is -0.380 e. The Balaban J connectivity index is 1.92. The molecular weight excluding hydrogens is 178 g/mol. The summed E-state index contributed by atoms with van der Waals surface area (Å²) in [5, 5.41) is 6.75. The average molecular weight is 201 g/mol. The molecule has 0 aromatic carbocycles. The highest BCUT2D eigenvalue weighted by atomic mass is 16.5. The molecular formula is C10H23N3O. The van der Waals surface area contributed by atoms with E-state index in [1.807, 2.05) is 0 Å². The smallest absolute Gasteiger partial charge is 0.0667 e. The third kappa shape index (κ3) is 4.91. The van der Waals surface area contributed by atoms with E-state index in [4.69, 9.17) is 4.74 Å². The molecule has 2 N–H and O–H groups in total. The van der Waals surface area contributed by atoms with Gasteiger partial charge >= 0.3 is 0 Å². The van der Waals surface area contributed by atoms with Crippen molar-refractivity contribution in [2.75, 3.05) is 52.9 Å². The predicted octanol–water partition coefficient (Wildman–Crippen LogP) is -0.484. The van der Waals surface area contributed by atoms with Crippen LogP contribution in [0.5, 0.6) is 0 Å². The molecule has 0 aliphatic carbocycles. The molecule has 0 bridgehead atoms. The molecule has 0 saturated carbocycles. The Bertz CT molecular complexity index is 137. The van der Waals surface area contributed by atoms with E-state index in [0.29, 0.717) is 6.10 Å². The van der Waals surface area contributed by atoms with Crippen LogP contribution in [0.1, 0.15) is 6.92 Å². The van der Waals surface area contributed by atoms with Gasteiger partial charge in [-0.2, -0.15) is 0 Å². The van der Waals surface area contributed by atoms with Crippen LogP contribution >= 0.6 is 0 Å². The molecule has 1 aliphatic rings. The highest BCUT2D eigenvalue weighted by Gasteiger charge is 2.08. The van der Waals surface area contributed by atoms with Crippen molar-refractivity contribution in [3.63, 3.8) is 0 Å². The molecule has 1 atom stereocenters. The van der Waals surface area contributed by atoms with E-state index < -0.39 is 0 Å². The van der Waals surface area contributed by atoms with Gasteiger partial charge in [0.2, 0.25) is 0 Å². The Morgan fingerprint density at radius 2 is 2.14 bits per heavy atom. The molecule has 1 rings (SSSR count). The van der Waals surface area contributed by atoms with E-state index in [1.54, 1.807) is 7.11 Å². The van der Waals surface area contributed by atoms with Gasteiger partial charge < -0.3 is 15.4 Å². The van der Waals surface area contributed by atoms with Crippen molar-refractivity contribution >= 4 is 0 Å². The minimum atomic E-state index is 0.318. The van der Waals surface area contributed by atoms with Gasteiger partial charge in [0, 0.05) is 52.9 Å². The molecule has 0 aromatic rings. The lowest BCUT2D eigenvalue weighted by Crippen LogP contribution is -2.46. The van der Waals surface area contributed by atoms with E-state index in [0.717, 1.165) is 32.7 Å². The van der Waals surface area contributed by atoms with E-state index in [2.05, 4.69) is 22.5 Å². The van der Waals surface area contributed by atoms with Crippen LogP contribution in [0.15, 0.2) is 0 Å². The number of methoxy groups -OCH3 is 1. The van der Waals surface area contributed by atoms with Gasteiger partial charge in [-0.15, -0.1) is 0 Å². The summed E-state index contributed by atoms with van der Waals surface area (Å²) in [6, 6.07) is 0. The summed E-state index contributed by atoms with van der Waals surface area (Å²) in [7, 11) is 1.75. The predicted molar refractivity (Wildman–Crippen MR) is 58.7 cm³/mol. The second-order valence-corrected chi connectivity index (χ2v) is 3.84. The van der Waals surface area contributed by atoms with Crippen LogP contribution in [-0.2, 0) is 4.74 Å². The van der Waals surface area contributed by atoms with Crippen molar-refractivity contribution in [2.24, 2.45) is 0 Å². The van der Waals surface area contributed by atoms with Gasteiger partial charge in [0.25, 0.3) is 0 Å². The molecule has 1 fully saturated rings. The maximum Gasteiger partial charge on any atom is 0.0667 e. The summed E-state index contributed by atoms with van der Waals surface area (Å²) < 4.78 is 5.16. The maximum absolute atomic E-state index is 5.16. The van der Waals surface area contributed by atoms with E-state index >= 15 is 0 Å². The fraction of sp³-hybridized carbons (Fsp3) is 1.00. The molecule has 1 unspecified atom stereocenters. The Morgan fingerprint density at radius 1 is 1.43 bits per heavy atom. The Hall–Kier alpha value is -0.160. The number of rotatable bonds is 6. The second kappa shape index (κ2) is 7.17. The lowest BCUT2D eigenvalue weighted by atomic mass is 10.3. The van der Waals surface area contributed by atoms with Crippen molar-refractivity contribution in [1.82, 2.24) is 15.5 Å². The number of hydrogen-bond donors (Lipinski definition) is 2. The van der Waals surface area contributed by atoms with Crippen LogP contribution in [0.4, 0.5) is 0 Å². The standard InChI is InChI=1S/C10H23N3O/c1-10(14-2)9-12-5-8-13-6-3-11-4-7-13/h10-12H,3-9H2,1-2H3. The van der Waals surface area contributed by atoms with Crippen molar-refractivity contribution in [1.29, 1.82) is 0 Å². The molecule has 1 heterocycles. The Morgan fingerprint density at radius 3 is 2.79 bits per heavy atom. The topological polar surface area (TPSA) is 36.5 Å². The maximum atomic E-state index is 5.16. The summed E-state index contributed by atoms with van der Waals surface area (Å²) in [5.74, 6) is 0. The first-order valence-electron chi connectivity index (χ1n) is 5.49. The number of nitrogens with one attached hydrogen (secondary N) is 2. The highest BCUT2D eigenvalue weighted by molar-refractivity contribution is 4.68. The fourth-order valence-corrected chi connectivity index (χ4v) is 1.56. The summed E-state index contributed by atoms with van der Waals surface area (Å²) in [6.07, 6.45) is 0.318. The van der Waals surface area contributed by atoms with Gasteiger partial charge in [-0.05, 0) is 6.92 Å². The number of ether oxygens (including phenoxy) is 1. The third-order valence-electron chi connectivity index (χ3n) is 2.65. The van der Waals surface area contributed by atoms with E-state index in [-0.39, 0.29) is 0 Å². The zero-order chi connectivity index (χ0) is 10.2. The second-order valence-electron chi connectivity index (χ2n) is 3.84. The summed E-state index contributed by atoms with van der Waals surface area (Å²) >= 11 is 0. The van der Waals surface area contributed by atoms with Gasteiger partial charge in [0.1, 0.15) is 0 Å². The zero-order valence-electron chi connectivity index (χ0n) is 9.38. The van der Waals surface area contributed by atoms with Gasteiger partial charge in [0.15, 0.2) is 0 Å². The van der Waals surface area contributed by atoms with E-state index in [1.165, 1.54) is 13.1 Å². The van der Waals surface area contributed by atoms with Crippen LogP contribution in [0, 0.1) is 0 Å². The molecule has 0 spiro atoms. The zero-order valence-corrected chi connectivity index (χ0v) is 9.38. The first kappa shape index (κ1) is 11.9. The highest BCUT2D eigenvalue weighted by Crippen LogP contribution is 1.90. The molecule has 1 aliphatic heterocycles. The number of hydrogen-bond acceptors (Lipinski definition) is 4. The molecule has 14 heavy (non-hydrogen) atoms. The molecule has 84 valence electrons. The van der Waals surface area contributed by atoms with Crippen LogP contribution in [0.2, 0.25) is 0 Å². The van der Waals surface area contributed by atoms with Crippen LogP contribution in [0.25, 0.3) is 0 Å². The molecule has 4 heteroatoms. The average Bonchev–Trinajstić information content (AvgIpc) is 2.25. The van der Waals surface area contributed by atoms with Crippen LogP contribution in [0.3, 0.4) is 0 Å². The lowest BCUT2D eigenvalue weighted by molar-refractivity contribution is 0.116. The summed E-state index contributed by atoms with van der Waals surface area (Å²) in [6.45, 7) is 9.87. The van der Waals surface area contributed by atoms with Gasteiger partial charge in [0.05, 0.1) is 6.10 Å². The molecule has 0 aromatic heterocycles. The quantitative estimate of drug-likeness (QED) is 0.569. The molecule has 4 nitrogen and oxygen atoms in total. The Kier molecular flexibility index (Phi) is 6.10. The van der Waals surface area contributed by atoms with Gasteiger partial charge in [-0.3, -0.25) is 4.90 Å². The lowest BCUT2D eigenvalue weighted by Gasteiger charge is -2.27. The number of nitrogens with zero attached hydrogens (tertiary/aromatic N) is 1. The minimum absolute atomic E-state index is 0.318. The van der Waals surface area contributed by atoms with Gasteiger partial charge in [-0.25, -0.2) is 0 Å². The molecule has 0 amide bonds. The van der Waals surface area contributed by atoms with Crippen molar-refractivity contribution < 1.29 is 4.74 Å². The van der Waals surface area contributed by atoms with Crippen LogP contribution < -0.4 is 10.6 Å². The largest absolute Gasteiger partial charge is 0.380 e. The van der Waals surface area contributed by atoms with Gasteiger partial charge in [-0.1, -0.05) is 0 Å². The fourth-order valence-electron chi connectivity index (χ4n) is 1.56. The van der Waals surface area contributed by atoms with Crippen LogP contribution in [-0.4, -0.2) is 63.9 Å². The van der Waals surface area contributed by atoms with Crippen molar-refractivity contribution in [3.8, 4) is 0 Å². The monoisotopic (exact) mass is 201 g/mol. The summed E-state index contributed by atoms with van der Waals surface area (Å²) in [4.78, 5) is 2.49. The first-order chi connectivity index (χ1) is 6.83. The summed E-state index contributed by atoms with van der Waals surface area (Å²) in [5.41, 5.74) is 0. The van der Waals surface area contributed by atoms with Crippen molar-refractivity contribution in [3.05, 3.63) is 0 Å². The molecule has 0 radical (unpaired) electrons. The number of piperazine rings is 1. The molecule has 1 saturated heterocycles. The Labute approximate surface area is 87.0 Å².